The molecule has 1 atom stereocenters. The SMILES string of the molecule is O=C(CCl)N[C@@H](c1ccccc1)c1ccc(Cl)cc1. The molecule has 0 aliphatic heterocycles. The number of halogens is 2. The maximum absolute atomic E-state index is 11.6. The van der Waals surface area contributed by atoms with Gasteiger partial charge in [0, 0.05) is 5.02 Å². The number of rotatable bonds is 4. The molecule has 19 heavy (non-hydrogen) atoms. The van der Waals surface area contributed by atoms with Gasteiger partial charge in [-0.1, -0.05) is 54.1 Å². The summed E-state index contributed by atoms with van der Waals surface area (Å²) in [6.45, 7) is 0. The summed E-state index contributed by atoms with van der Waals surface area (Å²) in [7, 11) is 0. The Labute approximate surface area is 122 Å². The summed E-state index contributed by atoms with van der Waals surface area (Å²) in [4.78, 5) is 11.6. The number of benzene rings is 2. The molecule has 0 heterocycles. The second kappa shape index (κ2) is 6.60. The van der Waals surface area contributed by atoms with E-state index in [-0.39, 0.29) is 17.8 Å². The van der Waals surface area contributed by atoms with E-state index in [2.05, 4.69) is 5.32 Å². The van der Waals surface area contributed by atoms with Crippen molar-refractivity contribution in [2.24, 2.45) is 0 Å². The highest BCUT2D eigenvalue weighted by Crippen LogP contribution is 2.23. The van der Waals surface area contributed by atoms with Crippen molar-refractivity contribution in [1.82, 2.24) is 5.32 Å². The molecule has 0 bridgehead atoms. The third-order valence-corrected chi connectivity index (χ3v) is 3.26. The van der Waals surface area contributed by atoms with Crippen molar-refractivity contribution in [2.45, 2.75) is 6.04 Å². The van der Waals surface area contributed by atoms with Crippen LogP contribution >= 0.6 is 23.2 Å². The van der Waals surface area contributed by atoms with Gasteiger partial charge in [-0.05, 0) is 23.3 Å². The number of amides is 1. The van der Waals surface area contributed by atoms with Crippen LogP contribution in [0.5, 0.6) is 0 Å². The van der Waals surface area contributed by atoms with E-state index in [4.69, 9.17) is 23.2 Å². The van der Waals surface area contributed by atoms with Crippen molar-refractivity contribution in [3.8, 4) is 0 Å². The van der Waals surface area contributed by atoms with Crippen LogP contribution in [0.3, 0.4) is 0 Å². The molecule has 0 saturated heterocycles. The average Bonchev–Trinajstić information content (AvgIpc) is 2.46. The molecule has 0 aliphatic carbocycles. The second-order valence-corrected chi connectivity index (χ2v) is 4.80. The van der Waals surface area contributed by atoms with E-state index in [0.717, 1.165) is 11.1 Å². The zero-order valence-corrected chi connectivity index (χ0v) is 11.7. The lowest BCUT2D eigenvalue weighted by atomic mass is 9.99. The predicted molar refractivity (Wildman–Crippen MR) is 78.6 cm³/mol. The Balaban J connectivity index is 2.34. The number of hydrogen-bond donors (Lipinski definition) is 1. The standard InChI is InChI=1S/C15H13Cl2NO/c16-10-14(19)18-15(11-4-2-1-3-5-11)12-6-8-13(17)9-7-12/h1-9,15H,10H2,(H,18,19)/t15-/m0/s1. The largest absolute Gasteiger partial charge is 0.344 e. The maximum Gasteiger partial charge on any atom is 0.235 e. The van der Waals surface area contributed by atoms with Crippen LogP contribution in [0.2, 0.25) is 5.02 Å². The van der Waals surface area contributed by atoms with Crippen LogP contribution in [-0.4, -0.2) is 11.8 Å². The monoisotopic (exact) mass is 293 g/mol. The van der Waals surface area contributed by atoms with Gasteiger partial charge in [0.25, 0.3) is 0 Å². The van der Waals surface area contributed by atoms with Gasteiger partial charge >= 0.3 is 0 Å². The fourth-order valence-electron chi connectivity index (χ4n) is 1.86. The summed E-state index contributed by atoms with van der Waals surface area (Å²) in [5, 5.41) is 3.57. The first-order valence-corrected chi connectivity index (χ1v) is 6.77. The first-order valence-electron chi connectivity index (χ1n) is 5.86. The third kappa shape index (κ3) is 3.72. The third-order valence-electron chi connectivity index (χ3n) is 2.76. The molecule has 2 aromatic rings. The van der Waals surface area contributed by atoms with Gasteiger partial charge in [0.2, 0.25) is 5.91 Å². The summed E-state index contributed by atoms with van der Waals surface area (Å²) < 4.78 is 0. The summed E-state index contributed by atoms with van der Waals surface area (Å²) in [5.74, 6) is -0.262. The number of alkyl halides is 1. The molecule has 98 valence electrons. The molecule has 1 N–H and O–H groups in total. The summed E-state index contributed by atoms with van der Waals surface area (Å²) in [6.07, 6.45) is 0. The van der Waals surface area contributed by atoms with Crippen molar-refractivity contribution >= 4 is 29.1 Å². The molecule has 0 saturated carbocycles. The van der Waals surface area contributed by atoms with E-state index in [0.29, 0.717) is 5.02 Å². The molecule has 1 amide bonds. The highest BCUT2D eigenvalue weighted by atomic mass is 35.5. The summed E-state index contributed by atoms with van der Waals surface area (Å²) in [5.41, 5.74) is 1.97. The van der Waals surface area contributed by atoms with Crippen molar-refractivity contribution in [2.75, 3.05) is 5.88 Å². The molecule has 0 aliphatic rings. The van der Waals surface area contributed by atoms with Crippen LogP contribution < -0.4 is 5.32 Å². The van der Waals surface area contributed by atoms with Gasteiger partial charge in [-0.25, -0.2) is 0 Å². The summed E-state index contributed by atoms with van der Waals surface area (Å²) >= 11 is 11.4. The Morgan fingerprint density at radius 3 is 2.16 bits per heavy atom. The Bertz CT molecular complexity index is 540. The molecule has 0 radical (unpaired) electrons. The van der Waals surface area contributed by atoms with Crippen LogP contribution in [0.1, 0.15) is 17.2 Å². The van der Waals surface area contributed by atoms with Crippen molar-refractivity contribution in [3.63, 3.8) is 0 Å². The van der Waals surface area contributed by atoms with Gasteiger partial charge in [0.15, 0.2) is 0 Å². The zero-order valence-electron chi connectivity index (χ0n) is 10.1. The fourth-order valence-corrected chi connectivity index (χ4v) is 2.06. The highest BCUT2D eigenvalue weighted by Gasteiger charge is 2.15. The van der Waals surface area contributed by atoms with E-state index >= 15 is 0 Å². The first kappa shape index (κ1) is 13.9. The smallest absolute Gasteiger partial charge is 0.235 e. The van der Waals surface area contributed by atoms with Crippen LogP contribution in [0.4, 0.5) is 0 Å². The van der Waals surface area contributed by atoms with Crippen LogP contribution in [0, 0.1) is 0 Å². The molecular weight excluding hydrogens is 281 g/mol. The average molecular weight is 294 g/mol. The van der Waals surface area contributed by atoms with Crippen molar-refractivity contribution in [3.05, 3.63) is 70.7 Å². The molecule has 2 rings (SSSR count). The van der Waals surface area contributed by atoms with Crippen LogP contribution in [0.15, 0.2) is 54.6 Å². The Morgan fingerprint density at radius 2 is 1.58 bits per heavy atom. The number of carbonyl (C=O) groups is 1. The van der Waals surface area contributed by atoms with Crippen molar-refractivity contribution in [1.29, 1.82) is 0 Å². The van der Waals surface area contributed by atoms with E-state index in [1.807, 2.05) is 42.5 Å². The maximum atomic E-state index is 11.6. The highest BCUT2D eigenvalue weighted by molar-refractivity contribution is 6.30. The molecule has 0 unspecified atom stereocenters. The topological polar surface area (TPSA) is 29.1 Å². The lowest BCUT2D eigenvalue weighted by molar-refractivity contribution is -0.119. The zero-order chi connectivity index (χ0) is 13.7. The molecule has 0 fully saturated rings. The fraction of sp³-hybridized carbons (Fsp3) is 0.133. The predicted octanol–water partition coefficient (Wildman–Crippen LogP) is 3.78. The van der Waals surface area contributed by atoms with E-state index < -0.39 is 0 Å². The Morgan fingerprint density at radius 1 is 1.00 bits per heavy atom. The molecular formula is C15H13Cl2NO. The Kier molecular flexibility index (Phi) is 4.83. The normalized spacial score (nSPS) is 11.9. The molecule has 2 aromatic carbocycles. The first-order chi connectivity index (χ1) is 9.20. The van der Waals surface area contributed by atoms with E-state index in [1.54, 1.807) is 12.1 Å². The van der Waals surface area contributed by atoms with Crippen LogP contribution in [0.25, 0.3) is 0 Å². The van der Waals surface area contributed by atoms with Gasteiger partial charge in [0.05, 0.1) is 6.04 Å². The lowest BCUT2D eigenvalue weighted by Crippen LogP contribution is -2.30. The number of hydrogen-bond acceptors (Lipinski definition) is 1. The van der Waals surface area contributed by atoms with Crippen LogP contribution in [-0.2, 0) is 4.79 Å². The minimum Gasteiger partial charge on any atom is -0.344 e. The van der Waals surface area contributed by atoms with Gasteiger partial charge in [-0.2, -0.15) is 0 Å². The van der Waals surface area contributed by atoms with E-state index in [9.17, 15) is 4.79 Å². The quantitative estimate of drug-likeness (QED) is 0.854. The number of nitrogens with one attached hydrogen (secondary N) is 1. The molecule has 2 nitrogen and oxygen atoms in total. The van der Waals surface area contributed by atoms with Gasteiger partial charge in [0.1, 0.15) is 5.88 Å². The van der Waals surface area contributed by atoms with Gasteiger partial charge in [-0.3, -0.25) is 4.79 Å². The van der Waals surface area contributed by atoms with E-state index in [1.165, 1.54) is 0 Å². The van der Waals surface area contributed by atoms with Gasteiger partial charge in [-0.15, -0.1) is 11.6 Å². The minimum atomic E-state index is -0.218. The van der Waals surface area contributed by atoms with Crippen molar-refractivity contribution < 1.29 is 4.79 Å². The molecule has 0 aromatic heterocycles. The second-order valence-electron chi connectivity index (χ2n) is 4.10. The minimum absolute atomic E-state index is 0.0586. The Hall–Kier alpha value is -1.51. The lowest BCUT2D eigenvalue weighted by Gasteiger charge is -2.19. The number of carbonyl (C=O) groups excluding carboxylic acids is 1. The molecule has 0 spiro atoms. The van der Waals surface area contributed by atoms with Gasteiger partial charge < -0.3 is 5.32 Å². The summed E-state index contributed by atoms with van der Waals surface area (Å²) in [6, 6.07) is 16.9. The molecule has 4 heteroatoms.